The summed E-state index contributed by atoms with van der Waals surface area (Å²) in [6.45, 7) is 1.67. The highest BCUT2D eigenvalue weighted by Crippen LogP contribution is 2.53. The van der Waals surface area contributed by atoms with E-state index in [-0.39, 0.29) is 11.7 Å². The maximum Gasteiger partial charge on any atom is 0.245 e. The van der Waals surface area contributed by atoms with Gasteiger partial charge in [-0.1, -0.05) is 0 Å². The van der Waals surface area contributed by atoms with Crippen molar-refractivity contribution < 1.29 is 9.59 Å². The zero-order valence-electron chi connectivity index (χ0n) is 10.5. The summed E-state index contributed by atoms with van der Waals surface area (Å²) in [5.41, 5.74) is 2.37. The number of alkyl halides is 1. The van der Waals surface area contributed by atoms with E-state index in [0.717, 1.165) is 29.8 Å². The van der Waals surface area contributed by atoms with E-state index in [4.69, 9.17) is 11.6 Å². The molecule has 100 valence electrons. The summed E-state index contributed by atoms with van der Waals surface area (Å²) in [6, 6.07) is 5.39. The monoisotopic (exact) mass is 295 g/mol. The molecule has 3 nitrogen and oxygen atoms in total. The average Bonchev–Trinajstić information content (AvgIpc) is 2.97. The van der Waals surface area contributed by atoms with E-state index in [2.05, 4.69) is 5.32 Å². The Morgan fingerprint density at radius 1 is 1.53 bits per heavy atom. The zero-order chi connectivity index (χ0) is 13.6. The first-order valence-electron chi connectivity index (χ1n) is 6.33. The van der Waals surface area contributed by atoms with Gasteiger partial charge in [-0.25, -0.2) is 0 Å². The van der Waals surface area contributed by atoms with Gasteiger partial charge in [0.05, 0.1) is 5.38 Å². The summed E-state index contributed by atoms with van der Waals surface area (Å²) in [6.07, 6.45) is 1.87. The van der Waals surface area contributed by atoms with Crippen LogP contribution in [0.1, 0.15) is 35.7 Å². The number of fused-ring (bicyclic) bond motifs is 2. The lowest BCUT2D eigenvalue weighted by Crippen LogP contribution is -2.28. The smallest absolute Gasteiger partial charge is 0.245 e. The molecule has 2 aliphatic rings. The minimum Gasteiger partial charge on any atom is -0.324 e. The number of anilines is 1. The van der Waals surface area contributed by atoms with Gasteiger partial charge in [0.15, 0.2) is 5.78 Å². The quantitative estimate of drug-likeness (QED) is 0.673. The fraction of sp³-hybridized carbons (Fsp3) is 0.429. The summed E-state index contributed by atoms with van der Waals surface area (Å²) in [4.78, 5) is 24.2. The van der Waals surface area contributed by atoms with E-state index in [1.165, 1.54) is 0 Å². The van der Waals surface area contributed by atoms with Gasteiger partial charge in [-0.2, -0.15) is 0 Å². The van der Waals surface area contributed by atoms with Crippen LogP contribution < -0.4 is 5.32 Å². The van der Waals surface area contributed by atoms with E-state index < -0.39 is 10.1 Å². The van der Waals surface area contributed by atoms with Crippen LogP contribution in [0.5, 0.6) is 0 Å². The van der Waals surface area contributed by atoms with Gasteiger partial charge in [0.1, 0.15) is 4.75 Å². The fourth-order valence-corrected chi connectivity index (χ4v) is 4.31. The number of amides is 1. The number of thioether (sulfide) groups is 1. The lowest BCUT2D eigenvalue weighted by atomic mass is 9.93. The minimum absolute atomic E-state index is 0.0496. The topological polar surface area (TPSA) is 46.2 Å². The molecule has 0 radical (unpaired) electrons. The van der Waals surface area contributed by atoms with Crippen LogP contribution in [0.15, 0.2) is 18.2 Å². The van der Waals surface area contributed by atoms with Crippen molar-refractivity contribution in [2.45, 2.75) is 29.9 Å². The highest BCUT2D eigenvalue weighted by Gasteiger charge is 2.49. The third kappa shape index (κ3) is 1.89. The summed E-state index contributed by atoms with van der Waals surface area (Å²) < 4.78 is -0.485. The van der Waals surface area contributed by atoms with Gasteiger partial charge in [-0.3, -0.25) is 9.59 Å². The van der Waals surface area contributed by atoms with Gasteiger partial charge < -0.3 is 5.32 Å². The predicted octanol–water partition coefficient (Wildman–Crippen LogP) is 3.17. The van der Waals surface area contributed by atoms with Crippen molar-refractivity contribution in [1.29, 1.82) is 0 Å². The Bertz CT molecular complexity index is 565. The number of nitrogens with one attached hydrogen (secondary N) is 1. The standard InChI is InChI=1S/C14H14ClNO2S/c1-8(15)12(17)9-3-4-11-10(7-9)14(13(18)16-11)5-2-6-19-14/h3-4,7-8H,2,5-6H2,1H3,(H,16,18). The molecule has 1 amide bonds. The Hall–Kier alpha value is -1.00. The number of halogens is 1. The summed E-state index contributed by atoms with van der Waals surface area (Å²) >= 11 is 7.53. The second-order valence-corrected chi connectivity index (χ2v) is 7.02. The third-order valence-corrected chi connectivity index (χ3v) is 5.53. The van der Waals surface area contributed by atoms with E-state index in [9.17, 15) is 9.59 Å². The molecule has 2 aliphatic heterocycles. The van der Waals surface area contributed by atoms with Crippen LogP contribution in [0.4, 0.5) is 5.69 Å². The predicted molar refractivity (Wildman–Crippen MR) is 78.1 cm³/mol. The molecule has 0 saturated carbocycles. The lowest BCUT2D eigenvalue weighted by molar-refractivity contribution is -0.118. The fourth-order valence-electron chi connectivity index (χ4n) is 2.75. The first kappa shape index (κ1) is 13.0. The molecule has 0 aliphatic carbocycles. The normalized spacial score (nSPS) is 26.3. The largest absolute Gasteiger partial charge is 0.324 e. The molecule has 1 fully saturated rings. The van der Waals surface area contributed by atoms with Crippen molar-refractivity contribution in [3.63, 3.8) is 0 Å². The van der Waals surface area contributed by atoms with Gasteiger partial charge >= 0.3 is 0 Å². The van der Waals surface area contributed by atoms with Crippen LogP contribution >= 0.6 is 23.4 Å². The van der Waals surface area contributed by atoms with Crippen LogP contribution in [0.3, 0.4) is 0 Å². The molecule has 1 aromatic rings. The third-order valence-electron chi connectivity index (χ3n) is 3.74. The lowest BCUT2D eigenvalue weighted by Gasteiger charge is -2.20. The zero-order valence-corrected chi connectivity index (χ0v) is 12.1. The van der Waals surface area contributed by atoms with Crippen LogP contribution in [-0.2, 0) is 9.54 Å². The molecule has 5 heteroatoms. The van der Waals surface area contributed by atoms with Crippen molar-refractivity contribution in [2.24, 2.45) is 0 Å². The van der Waals surface area contributed by atoms with Crippen LogP contribution in [-0.4, -0.2) is 22.8 Å². The number of benzene rings is 1. The number of hydrogen-bond acceptors (Lipinski definition) is 3. The molecule has 2 unspecified atom stereocenters. The van der Waals surface area contributed by atoms with Gasteiger partial charge in [0.2, 0.25) is 5.91 Å². The van der Waals surface area contributed by atoms with Crippen LogP contribution in [0.2, 0.25) is 0 Å². The SMILES string of the molecule is CC(Cl)C(=O)c1ccc2c(c1)C1(CCCS1)C(=O)N2. The Kier molecular flexibility index (Phi) is 3.10. The summed E-state index contributed by atoms with van der Waals surface area (Å²) in [5.74, 6) is 0.937. The first-order valence-corrected chi connectivity index (χ1v) is 7.75. The van der Waals surface area contributed by atoms with Gasteiger partial charge in [0.25, 0.3) is 0 Å². The maximum absolute atomic E-state index is 12.2. The average molecular weight is 296 g/mol. The first-order chi connectivity index (χ1) is 9.04. The Morgan fingerprint density at radius 2 is 2.32 bits per heavy atom. The Balaban J connectivity index is 2.08. The Morgan fingerprint density at radius 3 is 2.95 bits per heavy atom. The van der Waals surface area contributed by atoms with Crippen molar-refractivity contribution in [2.75, 3.05) is 11.1 Å². The van der Waals surface area contributed by atoms with Crippen molar-refractivity contribution >= 4 is 40.7 Å². The van der Waals surface area contributed by atoms with E-state index in [0.29, 0.717) is 5.56 Å². The summed E-state index contributed by atoms with van der Waals surface area (Å²) in [7, 11) is 0. The molecule has 2 heterocycles. The molecule has 3 rings (SSSR count). The molecule has 1 aromatic carbocycles. The van der Waals surface area contributed by atoms with Crippen molar-refractivity contribution in [1.82, 2.24) is 0 Å². The van der Waals surface area contributed by atoms with Gasteiger partial charge in [-0.15, -0.1) is 23.4 Å². The van der Waals surface area contributed by atoms with Crippen molar-refractivity contribution in [3.8, 4) is 0 Å². The van der Waals surface area contributed by atoms with Crippen molar-refractivity contribution in [3.05, 3.63) is 29.3 Å². The summed E-state index contributed by atoms with van der Waals surface area (Å²) in [5, 5.41) is 2.38. The van der Waals surface area contributed by atoms with E-state index in [1.54, 1.807) is 24.8 Å². The van der Waals surface area contributed by atoms with Crippen LogP contribution in [0.25, 0.3) is 0 Å². The molecule has 1 spiro atoms. The number of rotatable bonds is 2. The molecule has 1 saturated heterocycles. The molecular formula is C14H14ClNO2S. The van der Waals surface area contributed by atoms with Gasteiger partial charge in [-0.05, 0) is 43.7 Å². The van der Waals surface area contributed by atoms with Gasteiger partial charge in [0, 0.05) is 16.8 Å². The Labute approximate surface area is 121 Å². The molecule has 2 atom stereocenters. The maximum atomic E-state index is 12.2. The molecule has 19 heavy (non-hydrogen) atoms. The number of carbonyl (C=O) groups excluding carboxylic acids is 2. The van der Waals surface area contributed by atoms with Crippen LogP contribution in [0, 0.1) is 0 Å². The number of ketones is 1. The number of Topliss-reactive ketones (excluding diaryl/α,β-unsaturated/α-hetero) is 1. The van der Waals surface area contributed by atoms with E-state index in [1.807, 2.05) is 12.1 Å². The van der Waals surface area contributed by atoms with E-state index >= 15 is 0 Å². The second-order valence-electron chi connectivity index (χ2n) is 4.97. The molecule has 0 aromatic heterocycles. The number of hydrogen-bond donors (Lipinski definition) is 1. The second kappa shape index (κ2) is 4.53. The molecule has 0 bridgehead atoms. The minimum atomic E-state index is -0.546. The molecule has 1 N–H and O–H groups in total. The number of carbonyl (C=O) groups is 2. The highest BCUT2D eigenvalue weighted by atomic mass is 35.5. The highest BCUT2D eigenvalue weighted by molar-refractivity contribution is 8.01. The molecular weight excluding hydrogens is 282 g/mol.